The first-order chi connectivity index (χ1) is 9.83. The van der Waals surface area contributed by atoms with Crippen LogP contribution in [0, 0.1) is 0 Å². The molecule has 6 heteroatoms. The Morgan fingerprint density at radius 1 is 1.10 bits per heavy atom. The van der Waals surface area contributed by atoms with E-state index in [2.05, 4.69) is 36.1 Å². The number of aromatic nitrogens is 4. The molecule has 3 rings (SSSR count). The smallest absolute Gasteiger partial charge is 0.209 e. The maximum absolute atomic E-state index is 4.49. The molecule has 0 atom stereocenters. The van der Waals surface area contributed by atoms with Gasteiger partial charge in [-0.3, -0.25) is 10.1 Å². The van der Waals surface area contributed by atoms with Crippen molar-refractivity contribution in [3.63, 3.8) is 0 Å². The highest BCUT2D eigenvalue weighted by molar-refractivity contribution is 9.10. The van der Waals surface area contributed by atoms with Gasteiger partial charge in [0.2, 0.25) is 5.16 Å². The van der Waals surface area contributed by atoms with Crippen LogP contribution in [-0.4, -0.2) is 20.2 Å². The van der Waals surface area contributed by atoms with E-state index in [1.54, 1.807) is 18.0 Å². The predicted octanol–water partition coefficient (Wildman–Crippen LogP) is 3.92. The van der Waals surface area contributed by atoms with Gasteiger partial charge in [0.25, 0.3) is 0 Å². The molecule has 1 aromatic carbocycles. The number of halogens is 1. The third kappa shape index (κ3) is 3.08. The van der Waals surface area contributed by atoms with Gasteiger partial charge in [0.15, 0.2) is 5.82 Å². The topological polar surface area (TPSA) is 54.5 Å². The fraction of sp³-hybridized carbons (Fsp3) is 0.0714. The van der Waals surface area contributed by atoms with Crippen LogP contribution in [-0.2, 0) is 5.75 Å². The molecule has 0 spiro atoms. The second-order valence-corrected chi connectivity index (χ2v) is 5.85. The summed E-state index contributed by atoms with van der Waals surface area (Å²) in [6.07, 6.45) is 1.79. The molecular weight excluding hydrogens is 336 g/mol. The van der Waals surface area contributed by atoms with Crippen LogP contribution in [0.25, 0.3) is 11.4 Å². The summed E-state index contributed by atoms with van der Waals surface area (Å²) in [5.41, 5.74) is 2.02. The summed E-state index contributed by atoms with van der Waals surface area (Å²) >= 11 is 5.08. The van der Waals surface area contributed by atoms with Crippen LogP contribution in [0.4, 0.5) is 0 Å². The number of hydrogen-bond donors (Lipinski definition) is 1. The highest BCUT2D eigenvalue weighted by atomic mass is 79.9. The minimum Gasteiger partial charge on any atom is -0.260 e. The molecule has 0 unspecified atom stereocenters. The Balaban J connectivity index is 1.73. The van der Waals surface area contributed by atoms with Crippen LogP contribution >= 0.6 is 27.7 Å². The van der Waals surface area contributed by atoms with Crippen molar-refractivity contribution in [2.24, 2.45) is 0 Å². The fourth-order valence-electron chi connectivity index (χ4n) is 1.71. The second-order valence-electron chi connectivity index (χ2n) is 4.06. The molecule has 0 saturated heterocycles. The van der Waals surface area contributed by atoms with Crippen LogP contribution < -0.4 is 0 Å². The zero-order valence-electron chi connectivity index (χ0n) is 10.5. The van der Waals surface area contributed by atoms with Crippen molar-refractivity contribution in [3.8, 4) is 11.4 Å². The van der Waals surface area contributed by atoms with E-state index >= 15 is 0 Å². The largest absolute Gasteiger partial charge is 0.260 e. The van der Waals surface area contributed by atoms with E-state index < -0.39 is 0 Å². The quantitative estimate of drug-likeness (QED) is 0.727. The Morgan fingerprint density at radius 2 is 1.95 bits per heavy atom. The van der Waals surface area contributed by atoms with E-state index in [9.17, 15) is 0 Å². The minimum absolute atomic E-state index is 0.724. The maximum atomic E-state index is 4.49. The summed E-state index contributed by atoms with van der Waals surface area (Å²) in [5, 5.41) is 7.92. The molecule has 4 nitrogen and oxygen atoms in total. The molecule has 0 saturated carbocycles. The van der Waals surface area contributed by atoms with E-state index in [4.69, 9.17) is 0 Å². The molecule has 0 aliphatic rings. The zero-order valence-corrected chi connectivity index (χ0v) is 12.9. The van der Waals surface area contributed by atoms with Gasteiger partial charge in [-0.2, -0.15) is 0 Å². The number of thioether (sulfide) groups is 1. The van der Waals surface area contributed by atoms with E-state index in [1.165, 1.54) is 0 Å². The van der Waals surface area contributed by atoms with Gasteiger partial charge in [-0.25, -0.2) is 4.98 Å². The van der Waals surface area contributed by atoms with E-state index in [0.717, 1.165) is 32.5 Å². The lowest BCUT2D eigenvalue weighted by atomic mass is 10.2. The first-order valence-electron chi connectivity index (χ1n) is 6.03. The SMILES string of the molecule is Brc1ccccc1-c1nc(SCc2ccccn2)n[nH]1. The Labute approximate surface area is 129 Å². The number of pyridine rings is 1. The summed E-state index contributed by atoms with van der Waals surface area (Å²) in [6, 6.07) is 13.8. The third-order valence-electron chi connectivity index (χ3n) is 2.67. The van der Waals surface area contributed by atoms with Gasteiger partial charge in [0, 0.05) is 22.0 Å². The standard InChI is InChI=1S/C14H11BrN4S/c15-12-7-2-1-6-11(12)13-17-14(19-18-13)20-9-10-5-3-4-8-16-10/h1-8H,9H2,(H,17,18,19). The molecule has 0 amide bonds. The van der Waals surface area contributed by atoms with Crippen molar-refractivity contribution in [1.29, 1.82) is 0 Å². The lowest BCUT2D eigenvalue weighted by Crippen LogP contribution is -1.85. The maximum Gasteiger partial charge on any atom is 0.209 e. The fourth-order valence-corrected chi connectivity index (χ4v) is 2.89. The third-order valence-corrected chi connectivity index (χ3v) is 4.24. The van der Waals surface area contributed by atoms with E-state index in [-0.39, 0.29) is 0 Å². The molecule has 0 fully saturated rings. The Kier molecular flexibility index (Phi) is 4.13. The Bertz CT molecular complexity index is 699. The normalized spacial score (nSPS) is 10.7. The van der Waals surface area contributed by atoms with Crippen molar-refractivity contribution < 1.29 is 0 Å². The van der Waals surface area contributed by atoms with Gasteiger partial charge >= 0.3 is 0 Å². The number of nitrogens with zero attached hydrogens (tertiary/aromatic N) is 3. The molecule has 2 aromatic heterocycles. The molecule has 0 radical (unpaired) electrons. The highest BCUT2D eigenvalue weighted by Crippen LogP contribution is 2.27. The van der Waals surface area contributed by atoms with Crippen molar-refractivity contribution >= 4 is 27.7 Å². The van der Waals surface area contributed by atoms with Crippen LogP contribution in [0.5, 0.6) is 0 Å². The lowest BCUT2D eigenvalue weighted by Gasteiger charge is -1.98. The number of nitrogens with one attached hydrogen (secondary N) is 1. The van der Waals surface area contributed by atoms with Gasteiger partial charge in [-0.15, -0.1) is 5.10 Å². The lowest BCUT2D eigenvalue weighted by molar-refractivity contribution is 0.971. The van der Waals surface area contributed by atoms with Gasteiger partial charge in [0.1, 0.15) is 0 Å². The summed E-state index contributed by atoms with van der Waals surface area (Å²) in [6.45, 7) is 0. The summed E-state index contributed by atoms with van der Waals surface area (Å²) in [4.78, 5) is 8.77. The average molecular weight is 347 g/mol. The molecule has 100 valence electrons. The van der Waals surface area contributed by atoms with Crippen molar-refractivity contribution in [1.82, 2.24) is 20.2 Å². The molecule has 1 N–H and O–H groups in total. The van der Waals surface area contributed by atoms with Gasteiger partial charge in [-0.1, -0.05) is 52.0 Å². The van der Waals surface area contributed by atoms with E-state index in [1.807, 2.05) is 42.5 Å². The monoisotopic (exact) mass is 346 g/mol. The zero-order chi connectivity index (χ0) is 13.8. The molecule has 20 heavy (non-hydrogen) atoms. The number of rotatable bonds is 4. The van der Waals surface area contributed by atoms with Crippen molar-refractivity contribution in [2.45, 2.75) is 10.9 Å². The predicted molar refractivity (Wildman–Crippen MR) is 83.3 cm³/mol. The Hall–Kier alpha value is -1.66. The average Bonchev–Trinajstić information content (AvgIpc) is 2.95. The van der Waals surface area contributed by atoms with Crippen LogP contribution in [0.2, 0.25) is 0 Å². The van der Waals surface area contributed by atoms with Crippen LogP contribution in [0.1, 0.15) is 5.69 Å². The Morgan fingerprint density at radius 3 is 2.75 bits per heavy atom. The van der Waals surface area contributed by atoms with Crippen molar-refractivity contribution in [2.75, 3.05) is 0 Å². The van der Waals surface area contributed by atoms with Crippen LogP contribution in [0.3, 0.4) is 0 Å². The second kappa shape index (κ2) is 6.19. The summed E-state index contributed by atoms with van der Waals surface area (Å²) in [7, 11) is 0. The summed E-state index contributed by atoms with van der Waals surface area (Å²) < 4.78 is 0.998. The molecular formula is C14H11BrN4S. The molecule has 0 aliphatic carbocycles. The highest BCUT2D eigenvalue weighted by Gasteiger charge is 2.09. The first kappa shape index (κ1) is 13.3. The number of hydrogen-bond acceptors (Lipinski definition) is 4. The molecule has 0 aliphatic heterocycles. The molecule has 0 bridgehead atoms. The number of aromatic amines is 1. The van der Waals surface area contributed by atoms with Crippen molar-refractivity contribution in [3.05, 3.63) is 58.8 Å². The van der Waals surface area contributed by atoms with E-state index in [0.29, 0.717) is 0 Å². The minimum atomic E-state index is 0.724. The van der Waals surface area contributed by atoms with Gasteiger partial charge in [-0.05, 0) is 18.2 Å². The molecule has 3 aromatic rings. The van der Waals surface area contributed by atoms with Crippen LogP contribution in [0.15, 0.2) is 58.3 Å². The van der Waals surface area contributed by atoms with Gasteiger partial charge < -0.3 is 0 Å². The number of H-pyrrole nitrogens is 1. The molecule has 2 heterocycles. The number of benzene rings is 1. The first-order valence-corrected chi connectivity index (χ1v) is 7.81. The summed E-state index contributed by atoms with van der Waals surface area (Å²) in [5.74, 6) is 1.52. The van der Waals surface area contributed by atoms with Gasteiger partial charge in [0.05, 0.1) is 5.69 Å².